The monoisotopic (exact) mass is 424 g/mol. The molecule has 1 aliphatic heterocycles. The van der Waals surface area contributed by atoms with E-state index in [0.29, 0.717) is 5.56 Å². The Kier molecular flexibility index (Phi) is 5.23. The van der Waals surface area contributed by atoms with Gasteiger partial charge in [0.15, 0.2) is 0 Å². The second-order valence-corrected chi connectivity index (χ2v) is 7.81. The van der Waals surface area contributed by atoms with Gasteiger partial charge in [-0.25, -0.2) is 4.98 Å². The van der Waals surface area contributed by atoms with Gasteiger partial charge in [0.25, 0.3) is 5.91 Å². The number of nitrogens with one attached hydrogen (secondary N) is 1. The van der Waals surface area contributed by atoms with Crippen molar-refractivity contribution in [2.75, 3.05) is 6.61 Å². The molecule has 0 saturated carbocycles. The zero-order chi connectivity index (χ0) is 18.8. The predicted octanol–water partition coefficient (Wildman–Crippen LogP) is 4.96. The molecule has 1 saturated heterocycles. The zero-order valence-corrected chi connectivity index (χ0v) is 16.7. The quantitative estimate of drug-likeness (QED) is 0.643. The first-order chi connectivity index (χ1) is 13.1. The molecular formula is C22H21BrN2O2. The van der Waals surface area contributed by atoms with Crippen LogP contribution < -0.4 is 5.32 Å². The highest BCUT2D eigenvalue weighted by Gasteiger charge is 2.25. The van der Waals surface area contributed by atoms with Crippen molar-refractivity contribution >= 4 is 32.7 Å². The molecule has 2 atom stereocenters. The van der Waals surface area contributed by atoms with Gasteiger partial charge in [-0.2, -0.15) is 0 Å². The minimum Gasteiger partial charge on any atom is -0.376 e. The summed E-state index contributed by atoms with van der Waals surface area (Å²) in [4.78, 5) is 17.9. The third-order valence-corrected chi connectivity index (χ3v) is 5.46. The lowest BCUT2D eigenvalue weighted by Crippen LogP contribution is -2.40. The molecule has 3 aromatic rings. The van der Waals surface area contributed by atoms with Crippen LogP contribution in [-0.4, -0.2) is 29.6 Å². The molecule has 1 amide bonds. The molecule has 0 aliphatic carbocycles. The van der Waals surface area contributed by atoms with Crippen LogP contribution in [0.3, 0.4) is 0 Å². The fourth-order valence-corrected chi connectivity index (χ4v) is 3.88. The molecule has 138 valence electrons. The lowest BCUT2D eigenvalue weighted by Gasteiger charge is -2.20. The molecule has 4 nitrogen and oxygen atoms in total. The maximum atomic E-state index is 13.1. The van der Waals surface area contributed by atoms with Crippen LogP contribution in [0, 0.1) is 0 Å². The molecule has 5 heteroatoms. The van der Waals surface area contributed by atoms with E-state index in [1.54, 1.807) is 0 Å². The average Bonchev–Trinajstić information content (AvgIpc) is 3.23. The summed E-state index contributed by atoms with van der Waals surface area (Å²) in [5.41, 5.74) is 3.21. The molecule has 27 heavy (non-hydrogen) atoms. The van der Waals surface area contributed by atoms with Gasteiger partial charge < -0.3 is 10.1 Å². The molecule has 1 fully saturated rings. The Morgan fingerprint density at radius 1 is 1.22 bits per heavy atom. The number of amides is 1. The van der Waals surface area contributed by atoms with Crippen LogP contribution in [0.4, 0.5) is 0 Å². The number of ether oxygens (including phenoxy) is 1. The lowest BCUT2D eigenvalue weighted by molar-refractivity contribution is 0.0713. The number of hydrogen-bond acceptors (Lipinski definition) is 3. The number of fused-ring (bicyclic) bond motifs is 1. The van der Waals surface area contributed by atoms with E-state index in [-0.39, 0.29) is 18.1 Å². The summed E-state index contributed by atoms with van der Waals surface area (Å²) in [6, 6.07) is 17.6. The van der Waals surface area contributed by atoms with Gasteiger partial charge in [-0.1, -0.05) is 46.3 Å². The largest absolute Gasteiger partial charge is 0.376 e. The standard InChI is InChI=1S/C22H21BrN2O2/c1-14(21-8-5-11-27-21)24-22(26)18-13-20(15-6-3-2-4-7-15)25-19-10-9-16(23)12-17(18)19/h2-4,6-7,9-10,12-14,21H,5,8,11H2,1H3,(H,24,26). The van der Waals surface area contributed by atoms with Gasteiger partial charge in [-0.05, 0) is 44.0 Å². The molecule has 2 heterocycles. The van der Waals surface area contributed by atoms with Gasteiger partial charge in [0.05, 0.1) is 28.9 Å². The maximum Gasteiger partial charge on any atom is 0.252 e. The van der Waals surface area contributed by atoms with Crippen molar-refractivity contribution in [2.45, 2.75) is 31.9 Å². The fourth-order valence-electron chi connectivity index (χ4n) is 3.52. The number of nitrogens with zero attached hydrogens (tertiary/aromatic N) is 1. The molecule has 4 rings (SSSR count). The third-order valence-electron chi connectivity index (χ3n) is 4.97. The number of carbonyl (C=O) groups excluding carboxylic acids is 1. The average molecular weight is 425 g/mol. The van der Waals surface area contributed by atoms with E-state index in [2.05, 4.69) is 21.2 Å². The van der Waals surface area contributed by atoms with E-state index in [1.807, 2.05) is 61.5 Å². The zero-order valence-electron chi connectivity index (χ0n) is 15.1. The minimum absolute atomic E-state index is 0.0319. The Hall–Kier alpha value is -2.24. The smallest absolute Gasteiger partial charge is 0.252 e. The molecule has 2 aromatic carbocycles. The van der Waals surface area contributed by atoms with Gasteiger partial charge in [0, 0.05) is 22.0 Å². The van der Waals surface area contributed by atoms with Crippen LogP contribution in [0.2, 0.25) is 0 Å². The molecule has 0 spiro atoms. The van der Waals surface area contributed by atoms with Crippen LogP contribution >= 0.6 is 15.9 Å². The number of benzene rings is 2. The van der Waals surface area contributed by atoms with E-state index in [9.17, 15) is 4.79 Å². The molecular weight excluding hydrogens is 404 g/mol. The van der Waals surface area contributed by atoms with Gasteiger partial charge in [0.2, 0.25) is 0 Å². The van der Waals surface area contributed by atoms with Gasteiger partial charge >= 0.3 is 0 Å². The molecule has 0 radical (unpaired) electrons. The number of rotatable bonds is 4. The highest BCUT2D eigenvalue weighted by atomic mass is 79.9. The first kappa shape index (κ1) is 18.1. The van der Waals surface area contributed by atoms with Crippen molar-refractivity contribution in [1.29, 1.82) is 0 Å². The van der Waals surface area contributed by atoms with Gasteiger partial charge in [-0.15, -0.1) is 0 Å². The summed E-state index contributed by atoms with van der Waals surface area (Å²) in [6.07, 6.45) is 2.12. The first-order valence-electron chi connectivity index (χ1n) is 9.20. The van der Waals surface area contributed by atoms with Crippen LogP contribution in [0.25, 0.3) is 22.2 Å². The number of halogens is 1. The topological polar surface area (TPSA) is 51.2 Å². The Bertz CT molecular complexity index is 969. The highest BCUT2D eigenvalue weighted by molar-refractivity contribution is 9.10. The van der Waals surface area contributed by atoms with Crippen LogP contribution in [0.5, 0.6) is 0 Å². The highest BCUT2D eigenvalue weighted by Crippen LogP contribution is 2.27. The lowest BCUT2D eigenvalue weighted by atomic mass is 10.0. The first-order valence-corrected chi connectivity index (χ1v) is 9.99. The molecule has 1 N–H and O–H groups in total. The molecule has 0 bridgehead atoms. The minimum atomic E-state index is -0.0966. The summed E-state index contributed by atoms with van der Waals surface area (Å²) in [5.74, 6) is -0.0966. The summed E-state index contributed by atoms with van der Waals surface area (Å²) in [6.45, 7) is 2.78. The Labute approximate surface area is 167 Å². The Morgan fingerprint density at radius 3 is 2.78 bits per heavy atom. The van der Waals surface area contributed by atoms with E-state index in [4.69, 9.17) is 9.72 Å². The van der Waals surface area contributed by atoms with E-state index in [1.165, 1.54) is 0 Å². The van der Waals surface area contributed by atoms with Crippen molar-refractivity contribution in [1.82, 2.24) is 10.3 Å². The summed E-state index contributed by atoms with van der Waals surface area (Å²) < 4.78 is 6.64. The second kappa shape index (κ2) is 7.79. The van der Waals surface area contributed by atoms with Crippen molar-refractivity contribution in [2.24, 2.45) is 0 Å². The number of carbonyl (C=O) groups is 1. The van der Waals surface area contributed by atoms with E-state index >= 15 is 0 Å². The van der Waals surface area contributed by atoms with Crippen molar-refractivity contribution in [3.8, 4) is 11.3 Å². The molecule has 1 aliphatic rings. The SMILES string of the molecule is CC(NC(=O)c1cc(-c2ccccc2)nc2ccc(Br)cc12)C1CCCO1. The van der Waals surface area contributed by atoms with Crippen LogP contribution in [-0.2, 0) is 4.74 Å². The molecule has 1 aromatic heterocycles. The Balaban J connectivity index is 1.75. The van der Waals surface area contributed by atoms with Crippen LogP contribution in [0.15, 0.2) is 59.1 Å². The summed E-state index contributed by atoms with van der Waals surface area (Å²) in [5, 5.41) is 3.96. The maximum absolute atomic E-state index is 13.1. The number of aromatic nitrogens is 1. The predicted molar refractivity (Wildman–Crippen MR) is 111 cm³/mol. The van der Waals surface area contributed by atoms with Crippen LogP contribution in [0.1, 0.15) is 30.1 Å². The van der Waals surface area contributed by atoms with Gasteiger partial charge in [-0.3, -0.25) is 4.79 Å². The fraction of sp³-hybridized carbons (Fsp3) is 0.273. The van der Waals surface area contributed by atoms with Gasteiger partial charge in [0.1, 0.15) is 0 Å². The second-order valence-electron chi connectivity index (χ2n) is 6.90. The summed E-state index contributed by atoms with van der Waals surface area (Å²) in [7, 11) is 0. The van der Waals surface area contributed by atoms with Crippen molar-refractivity contribution in [3.63, 3.8) is 0 Å². The Morgan fingerprint density at radius 2 is 2.04 bits per heavy atom. The number of hydrogen-bond donors (Lipinski definition) is 1. The normalized spacial score (nSPS) is 17.8. The third kappa shape index (κ3) is 3.89. The van der Waals surface area contributed by atoms with E-state index < -0.39 is 0 Å². The summed E-state index contributed by atoms with van der Waals surface area (Å²) >= 11 is 3.50. The van der Waals surface area contributed by atoms with E-state index in [0.717, 1.165) is 46.1 Å². The molecule has 2 unspecified atom stereocenters. The van der Waals surface area contributed by atoms with Crippen molar-refractivity contribution in [3.05, 3.63) is 64.6 Å². The van der Waals surface area contributed by atoms with Crippen molar-refractivity contribution < 1.29 is 9.53 Å². The number of pyridine rings is 1.